The molecule has 138 valence electrons. The number of hydrogen-bond acceptors (Lipinski definition) is 4. The summed E-state index contributed by atoms with van der Waals surface area (Å²) in [6.45, 7) is 4.43. The van der Waals surface area contributed by atoms with Gasteiger partial charge in [0.25, 0.3) is 5.91 Å². The Kier molecular flexibility index (Phi) is 5.33. The molecule has 0 bridgehead atoms. The number of carbonyl (C=O) groups excluding carboxylic acids is 1. The van der Waals surface area contributed by atoms with Crippen LogP contribution in [0.25, 0.3) is 10.2 Å². The number of methoxy groups -OCH3 is 2. The number of carbonyl (C=O) groups is 1. The zero-order valence-electron chi connectivity index (χ0n) is 15.7. The summed E-state index contributed by atoms with van der Waals surface area (Å²) in [5, 5.41) is 0. The van der Waals surface area contributed by atoms with Gasteiger partial charge in [-0.05, 0) is 43.2 Å². The van der Waals surface area contributed by atoms with Crippen molar-refractivity contribution < 1.29 is 14.3 Å². The van der Waals surface area contributed by atoms with Gasteiger partial charge < -0.3 is 14.0 Å². The zero-order valence-corrected chi connectivity index (χ0v) is 16.5. The number of aryl methyl sites for hydroxylation is 2. The third-order valence-electron chi connectivity index (χ3n) is 4.16. The minimum atomic E-state index is -0.376. The summed E-state index contributed by atoms with van der Waals surface area (Å²) < 4.78 is 13.4. The molecule has 0 aliphatic rings. The van der Waals surface area contributed by atoms with Crippen molar-refractivity contribution in [3.8, 4) is 23.8 Å². The SMILES string of the molecule is C#CCn1c(=NC(=O)c2cc(OC)cc(OC)c2)sc2c(C)cc(C)cc21. The lowest BCUT2D eigenvalue weighted by molar-refractivity contribution is 0.0997. The normalized spacial score (nSPS) is 11.4. The van der Waals surface area contributed by atoms with Crippen LogP contribution in [0.5, 0.6) is 11.5 Å². The monoisotopic (exact) mass is 380 g/mol. The van der Waals surface area contributed by atoms with Gasteiger partial charge in [0.1, 0.15) is 11.5 Å². The van der Waals surface area contributed by atoms with E-state index in [9.17, 15) is 4.79 Å². The van der Waals surface area contributed by atoms with E-state index >= 15 is 0 Å². The van der Waals surface area contributed by atoms with Crippen LogP contribution < -0.4 is 14.3 Å². The van der Waals surface area contributed by atoms with E-state index in [1.54, 1.807) is 18.2 Å². The van der Waals surface area contributed by atoms with Crippen molar-refractivity contribution in [3.63, 3.8) is 0 Å². The van der Waals surface area contributed by atoms with E-state index in [-0.39, 0.29) is 5.91 Å². The molecular formula is C21H20N2O3S. The van der Waals surface area contributed by atoms with Crippen molar-refractivity contribution in [2.45, 2.75) is 20.4 Å². The average molecular weight is 380 g/mol. The fourth-order valence-corrected chi connectivity index (χ4v) is 4.00. The van der Waals surface area contributed by atoms with E-state index in [4.69, 9.17) is 15.9 Å². The van der Waals surface area contributed by atoms with Crippen LogP contribution in [0.1, 0.15) is 21.5 Å². The topological polar surface area (TPSA) is 52.8 Å². The van der Waals surface area contributed by atoms with Gasteiger partial charge in [0.05, 0.1) is 31.0 Å². The maximum absolute atomic E-state index is 12.8. The highest BCUT2D eigenvalue weighted by Crippen LogP contribution is 2.25. The van der Waals surface area contributed by atoms with Gasteiger partial charge in [0.2, 0.25) is 0 Å². The molecule has 0 radical (unpaired) electrons. The molecule has 0 atom stereocenters. The summed E-state index contributed by atoms with van der Waals surface area (Å²) in [4.78, 5) is 17.7. The van der Waals surface area contributed by atoms with Gasteiger partial charge in [-0.25, -0.2) is 0 Å². The Morgan fingerprint density at radius 1 is 1.15 bits per heavy atom. The molecule has 0 fully saturated rings. The second-order valence-electron chi connectivity index (χ2n) is 6.12. The fraction of sp³-hybridized carbons (Fsp3) is 0.238. The molecule has 3 aromatic rings. The van der Waals surface area contributed by atoms with E-state index < -0.39 is 0 Å². The molecule has 1 heterocycles. The van der Waals surface area contributed by atoms with Crippen LogP contribution in [0.15, 0.2) is 35.3 Å². The summed E-state index contributed by atoms with van der Waals surface area (Å²) in [5.41, 5.74) is 3.66. The fourth-order valence-electron chi connectivity index (χ4n) is 2.92. The van der Waals surface area contributed by atoms with Gasteiger partial charge in [-0.2, -0.15) is 4.99 Å². The first kappa shape index (κ1) is 18.7. The van der Waals surface area contributed by atoms with E-state index in [0.717, 1.165) is 21.3 Å². The second-order valence-corrected chi connectivity index (χ2v) is 7.10. The molecule has 0 spiro atoms. The number of amides is 1. The number of ether oxygens (including phenoxy) is 2. The van der Waals surface area contributed by atoms with Crippen molar-refractivity contribution in [3.05, 3.63) is 51.8 Å². The minimum absolute atomic E-state index is 0.344. The minimum Gasteiger partial charge on any atom is -0.497 e. The highest BCUT2D eigenvalue weighted by Gasteiger charge is 2.13. The second kappa shape index (κ2) is 7.68. The average Bonchev–Trinajstić information content (AvgIpc) is 2.99. The van der Waals surface area contributed by atoms with Crippen LogP contribution in [0.3, 0.4) is 0 Å². The molecule has 5 nitrogen and oxygen atoms in total. The molecular weight excluding hydrogens is 360 g/mol. The van der Waals surface area contributed by atoms with E-state index in [0.29, 0.717) is 28.4 Å². The van der Waals surface area contributed by atoms with Gasteiger partial charge in [0, 0.05) is 11.6 Å². The van der Waals surface area contributed by atoms with Gasteiger partial charge in [0.15, 0.2) is 4.80 Å². The first-order valence-corrected chi connectivity index (χ1v) is 9.14. The molecule has 0 N–H and O–H groups in total. The van der Waals surface area contributed by atoms with Crippen molar-refractivity contribution in [2.75, 3.05) is 14.2 Å². The number of fused-ring (bicyclic) bond motifs is 1. The van der Waals surface area contributed by atoms with Crippen molar-refractivity contribution in [1.82, 2.24) is 4.57 Å². The number of nitrogens with zero attached hydrogens (tertiary/aromatic N) is 2. The highest BCUT2D eigenvalue weighted by molar-refractivity contribution is 7.16. The van der Waals surface area contributed by atoms with E-state index in [1.807, 2.05) is 18.4 Å². The van der Waals surface area contributed by atoms with Crippen LogP contribution in [0.4, 0.5) is 0 Å². The Labute approximate surface area is 161 Å². The Morgan fingerprint density at radius 3 is 2.41 bits per heavy atom. The van der Waals surface area contributed by atoms with Gasteiger partial charge in [-0.1, -0.05) is 23.3 Å². The molecule has 1 amide bonds. The Hall–Kier alpha value is -3.04. The van der Waals surface area contributed by atoms with Gasteiger partial charge in [-0.3, -0.25) is 4.79 Å². The van der Waals surface area contributed by atoms with Crippen molar-refractivity contribution in [2.24, 2.45) is 4.99 Å². The largest absolute Gasteiger partial charge is 0.497 e. The van der Waals surface area contributed by atoms with E-state index in [1.165, 1.54) is 25.6 Å². The van der Waals surface area contributed by atoms with Crippen molar-refractivity contribution >= 4 is 27.5 Å². The molecule has 3 rings (SSSR count). The van der Waals surface area contributed by atoms with Crippen LogP contribution in [-0.4, -0.2) is 24.7 Å². The molecule has 6 heteroatoms. The smallest absolute Gasteiger partial charge is 0.279 e. The Bertz CT molecular complexity index is 1110. The summed E-state index contributed by atoms with van der Waals surface area (Å²) in [6, 6.07) is 9.16. The lowest BCUT2D eigenvalue weighted by atomic mass is 10.1. The molecule has 0 saturated carbocycles. The molecule has 27 heavy (non-hydrogen) atoms. The quantitative estimate of drug-likeness (QED) is 0.649. The van der Waals surface area contributed by atoms with Crippen LogP contribution in [-0.2, 0) is 6.54 Å². The van der Waals surface area contributed by atoms with Crippen LogP contribution >= 0.6 is 11.3 Å². The number of rotatable bonds is 4. The molecule has 0 saturated heterocycles. The molecule has 0 aliphatic heterocycles. The molecule has 2 aromatic carbocycles. The van der Waals surface area contributed by atoms with Crippen LogP contribution in [0, 0.1) is 26.2 Å². The predicted octanol–water partition coefficient (Wildman–Crippen LogP) is 3.71. The summed E-state index contributed by atoms with van der Waals surface area (Å²) >= 11 is 1.46. The molecule has 1 aromatic heterocycles. The predicted molar refractivity (Wildman–Crippen MR) is 108 cm³/mol. The number of terminal acetylenes is 1. The Balaban J connectivity index is 2.18. The van der Waals surface area contributed by atoms with Gasteiger partial charge >= 0.3 is 0 Å². The highest BCUT2D eigenvalue weighted by atomic mass is 32.1. The molecule has 0 unspecified atom stereocenters. The summed E-state index contributed by atoms with van der Waals surface area (Å²) in [7, 11) is 3.08. The summed E-state index contributed by atoms with van der Waals surface area (Å²) in [5.74, 6) is 3.34. The zero-order chi connectivity index (χ0) is 19.6. The maximum atomic E-state index is 12.8. The molecule has 0 aliphatic carbocycles. The third kappa shape index (κ3) is 3.74. The third-order valence-corrected chi connectivity index (χ3v) is 5.39. The first-order chi connectivity index (χ1) is 13.0. The van der Waals surface area contributed by atoms with Crippen LogP contribution in [0.2, 0.25) is 0 Å². The number of aromatic nitrogens is 1. The Morgan fingerprint density at radius 2 is 1.81 bits per heavy atom. The standard InChI is InChI=1S/C21H20N2O3S/c1-6-7-23-18-9-13(2)8-14(3)19(18)27-21(23)22-20(24)15-10-16(25-4)12-17(11-15)26-5/h1,8-12H,7H2,2-5H3. The van der Waals surface area contributed by atoms with Crippen molar-refractivity contribution in [1.29, 1.82) is 0 Å². The van der Waals surface area contributed by atoms with Gasteiger partial charge in [-0.15, -0.1) is 6.42 Å². The van der Waals surface area contributed by atoms with E-state index in [2.05, 4.69) is 23.0 Å². The first-order valence-electron chi connectivity index (χ1n) is 8.33. The lowest BCUT2D eigenvalue weighted by Crippen LogP contribution is -2.16. The number of hydrogen-bond donors (Lipinski definition) is 0. The number of thiazole rings is 1. The number of benzene rings is 2. The maximum Gasteiger partial charge on any atom is 0.279 e. The summed E-state index contributed by atoms with van der Waals surface area (Å²) in [6.07, 6.45) is 5.55. The lowest BCUT2D eigenvalue weighted by Gasteiger charge is -2.06.